The molecular weight excluding hydrogens is 274 g/mol. The van der Waals surface area contributed by atoms with Crippen molar-refractivity contribution in [3.05, 3.63) is 25.3 Å². The highest BCUT2D eigenvalue weighted by atomic mass is 32.3. The fourth-order valence-electron chi connectivity index (χ4n) is 1.10. The van der Waals surface area contributed by atoms with Crippen LogP contribution in [0.3, 0.4) is 0 Å². The molecule has 0 aromatic heterocycles. The second kappa shape index (κ2) is 11.7. The Hall–Kier alpha value is -0.340. The molecule has 0 aliphatic heterocycles. The topological polar surface area (TPSA) is 66.4 Å². The van der Waals surface area contributed by atoms with Crippen molar-refractivity contribution in [2.24, 2.45) is 0 Å². The summed E-state index contributed by atoms with van der Waals surface area (Å²) in [5.74, 6) is 0. The van der Waals surface area contributed by atoms with Crippen LogP contribution in [0.15, 0.2) is 25.3 Å². The van der Waals surface area contributed by atoms with Crippen molar-refractivity contribution in [3.8, 4) is 0 Å². The van der Waals surface area contributed by atoms with E-state index in [9.17, 15) is 13.0 Å². The maximum Gasteiger partial charge on any atom is 0.217 e. The fraction of sp³-hybridized carbons (Fsp3) is 0.636. The molecule has 0 aromatic rings. The van der Waals surface area contributed by atoms with Gasteiger partial charge in [-0.2, -0.15) is 13.5 Å². The molecule has 0 rings (SSSR count). The SMILES string of the molecule is C=CC[N+](C)(CC)CC=C.CCOS(=O)(=O)[O-].S. The van der Waals surface area contributed by atoms with E-state index in [0.717, 1.165) is 24.1 Å². The maximum absolute atomic E-state index is 9.45. The highest BCUT2D eigenvalue weighted by molar-refractivity contribution is 7.80. The summed E-state index contributed by atoms with van der Waals surface area (Å²) >= 11 is 0. The summed E-state index contributed by atoms with van der Waals surface area (Å²) in [7, 11) is -2.21. The minimum absolute atomic E-state index is 0. The van der Waals surface area contributed by atoms with Crippen LogP contribution in [0.2, 0.25) is 0 Å². The van der Waals surface area contributed by atoms with Crippen LogP contribution >= 0.6 is 13.5 Å². The van der Waals surface area contributed by atoms with Crippen molar-refractivity contribution in [2.75, 3.05) is 33.3 Å². The molecule has 18 heavy (non-hydrogen) atoms. The normalized spacial score (nSPS) is 10.7. The van der Waals surface area contributed by atoms with E-state index in [0.29, 0.717) is 0 Å². The second-order valence-electron chi connectivity index (χ2n) is 3.69. The van der Waals surface area contributed by atoms with E-state index in [1.54, 1.807) is 0 Å². The van der Waals surface area contributed by atoms with Gasteiger partial charge < -0.3 is 9.04 Å². The van der Waals surface area contributed by atoms with Crippen LogP contribution < -0.4 is 0 Å². The molecule has 0 saturated heterocycles. The van der Waals surface area contributed by atoms with Crippen molar-refractivity contribution in [3.63, 3.8) is 0 Å². The lowest BCUT2D eigenvalue weighted by Gasteiger charge is -2.30. The Morgan fingerprint density at radius 2 is 1.61 bits per heavy atom. The van der Waals surface area contributed by atoms with Crippen molar-refractivity contribution < 1.29 is 21.6 Å². The van der Waals surface area contributed by atoms with E-state index < -0.39 is 10.4 Å². The third-order valence-electron chi connectivity index (χ3n) is 2.17. The smallest absolute Gasteiger partial charge is 0.217 e. The predicted octanol–water partition coefficient (Wildman–Crippen LogP) is 1.42. The Balaban J connectivity index is -0.000000251. The molecule has 0 aromatic carbocycles. The van der Waals surface area contributed by atoms with E-state index >= 15 is 0 Å². The quantitative estimate of drug-likeness (QED) is 0.309. The zero-order chi connectivity index (χ0) is 13.9. The summed E-state index contributed by atoms with van der Waals surface area (Å²) in [6, 6.07) is 0. The summed E-state index contributed by atoms with van der Waals surface area (Å²) < 4.78 is 33.0. The molecule has 110 valence electrons. The second-order valence-corrected chi connectivity index (χ2v) is 4.75. The van der Waals surface area contributed by atoms with E-state index in [4.69, 9.17) is 0 Å². The highest BCUT2D eigenvalue weighted by Crippen LogP contribution is 2.00. The number of quaternary nitrogens is 1. The van der Waals surface area contributed by atoms with Gasteiger partial charge in [-0.15, -0.1) is 0 Å². The molecule has 0 spiro atoms. The van der Waals surface area contributed by atoms with E-state index in [1.807, 2.05) is 12.2 Å². The van der Waals surface area contributed by atoms with Crippen LogP contribution in [0, 0.1) is 0 Å². The first-order valence-electron chi connectivity index (χ1n) is 5.40. The molecular formula is C11H25NO4S2. The molecule has 0 bridgehead atoms. The molecule has 0 fully saturated rings. The first-order valence-corrected chi connectivity index (χ1v) is 6.73. The fourth-order valence-corrected chi connectivity index (χ4v) is 1.39. The minimum atomic E-state index is -4.42. The Morgan fingerprint density at radius 1 is 1.22 bits per heavy atom. The third kappa shape index (κ3) is 15.7. The van der Waals surface area contributed by atoms with E-state index in [2.05, 4.69) is 31.3 Å². The molecule has 0 unspecified atom stereocenters. The minimum Gasteiger partial charge on any atom is -0.726 e. The van der Waals surface area contributed by atoms with E-state index in [-0.39, 0.29) is 20.1 Å². The molecule has 0 heterocycles. The third-order valence-corrected chi connectivity index (χ3v) is 2.69. The van der Waals surface area contributed by atoms with Gasteiger partial charge in [-0.1, -0.05) is 13.2 Å². The Kier molecular flexibility index (Phi) is 14.9. The summed E-state index contributed by atoms with van der Waals surface area (Å²) in [6.45, 7) is 14.2. The molecule has 0 amide bonds. The monoisotopic (exact) mass is 299 g/mol. The summed E-state index contributed by atoms with van der Waals surface area (Å²) in [5, 5.41) is 0. The Bertz CT molecular complexity index is 305. The lowest BCUT2D eigenvalue weighted by atomic mass is 10.3. The Morgan fingerprint density at radius 3 is 1.72 bits per heavy atom. The largest absolute Gasteiger partial charge is 0.726 e. The van der Waals surface area contributed by atoms with Gasteiger partial charge >= 0.3 is 0 Å². The number of hydrogen-bond acceptors (Lipinski definition) is 4. The van der Waals surface area contributed by atoms with Gasteiger partial charge in [-0.3, -0.25) is 4.18 Å². The molecule has 5 nitrogen and oxygen atoms in total. The van der Waals surface area contributed by atoms with Crippen LogP contribution in [-0.4, -0.2) is 50.7 Å². The van der Waals surface area contributed by atoms with Gasteiger partial charge in [-0.25, -0.2) is 8.42 Å². The molecule has 0 atom stereocenters. The van der Waals surface area contributed by atoms with Crippen LogP contribution in [0.4, 0.5) is 0 Å². The van der Waals surface area contributed by atoms with Crippen LogP contribution in [0.5, 0.6) is 0 Å². The number of hydrogen-bond donors (Lipinski definition) is 0. The molecule has 7 heteroatoms. The van der Waals surface area contributed by atoms with Crippen LogP contribution in [-0.2, 0) is 14.6 Å². The van der Waals surface area contributed by atoms with Gasteiger partial charge in [0.25, 0.3) is 0 Å². The molecule has 0 aliphatic rings. The highest BCUT2D eigenvalue weighted by Gasteiger charge is 2.13. The van der Waals surface area contributed by atoms with E-state index in [1.165, 1.54) is 6.92 Å². The lowest BCUT2D eigenvalue weighted by molar-refractivity contribution is -0.896. The average Bonchev–Trinajstić information content (AvgIpc) is 2.17. The zero-order valence-electron chi connectivity index (χ0n) is 11.4. The number of rotatable bonds is 7. The molecule has 0 saturated carbocycles. The average molecular weight is 299 g/mol. The lowest BCUT2D eigenvalue weighted by Crippen LogP contribution is -2.43. The first kappa shape index (κ1) is 22.8. The van der Waals surface area contributed by atoms with Crippen LogP contribution in [0.25, 0.3) is 0 Å². The van der Waals surface area contributed by atoms with Crippen molar-refractivity contribution >= 4 is 23.9 Å². The predicted molar refractivity (Wildman–Crippen MR) is 78.6 cm³/mol. The van der Waals surface area contributed by atoms with Gasteiger partial charge in [0.1, 0.15) is 0 Å². The molecule has 0 radical (unpaired) electrons. The van der Waals surface area contributed by atoms with Gasteiger partial charge in [-0.05, 0) is 26.0 Å². The van der Waals surface area contributed by atoms with Gasteiger partial charge in [0.15, 0.2) is 0 Å². The number of likely N-dealkylation sites (N-methyl/N-ethyl adjacent to an activating group) is 1. The first-order chi connectivity index (χ1) is 7.74. The number of nitrogens with zero attached hydrogens (tertiary/aromatic N) is 1. The standard InChI is InChI=1S/C9H18N.C2H6O4S.H2S/c1-5-8-10(4,7-3)9-6-2;1-2-6-7(3,4)5;/h5-6H,1-2,7-9H2,3-4H3;2H2,1H3,(H,3,4,5);1H2/q+1;;/p-1. The zero-order valence-corrected chi connectivity index (χ0v) is 13.2. The van der Waals surface area contributed by atoms with Gasteiger partial charge in [0.2, 0.25) is 10.4 Å². The van der Waals surface area contributed by atoms with Crippen molar-refractivity contribution in [1.82, 2.24) is 0 Å². The Labute approximate surface area is 118 Å². The van der Waals surface area contributed by atoms with Gasteiger partial charge in [0.05, 0.1) is 33.3 Å². The summed E-state index contributed by atoms with van der Waals surface area (Å²) in [5.41, 5.74) is 0. The van der Waals surface area contributed by atoms with Crippen molar-refractivity contribution in [1.29, 1.82) is 0 Å². The summed E-state index contributed by atoms with van der Waals surface area (Å²) in [6.07, 6.45) is 3.93. The summed E-state index contributed by atoms with van der Waals surface area (Å²) in [4.78, 5) is 0. The van der Waals surface area contributed by atoms with Gasteiger partial charge in [0, 0.05) is 0 Å². The maximum atomic E-state index is 9.45. The molecule has 0 N–H and O–H groups in total. The van der Waals surface area contributed by atoms with Crippen molar-refractivity contribution in [2.45, 2.75) is 13.8 Å². The van der Waals surface area contributed by atoms with Crippen LogP contribution in [0.1, 0.15) is 13.8 Å². The molecule has 0 aliphatic carbocycles.